The Kier molecular flexibility index (Phi) is 6.36. The first-order valence-electron chi connectivity index (χ1n) is 12.9. The van der Waals surface area contributed by atoms with Crippen molar-refractivity contribution in [2.75, 3.05) is 45.1 Å². The van der Waals surface area contributed by atoms with Crippen LogP contribution in [-0.4, -0.2) is 76.8 Å². The average molecular weight is 572 g/mol. The van der Waals surface area contributed by atoms with E-state index in [2.05, 4.69) is 15.2 Å². The highest BCUT2D eigenvalue weighted by molar-refractivity contribution is 6.35. The van der Waals surface area contributed by atoms with Gasteiger partial charge in [-0.3, -0.25) is 14.4 Å². The molecule has 204 valence electrons. The van der Waals surface area contributed by atoms with E-state index < -0.39 is 11.4 Å². The topological polar surface area (TPSA) is 88.8 Å². The summed E-state index contributed by atoms with van der Waals surface area (Å²) in [5, 5.41) is 4.51. The number of anilines is 1. The first-order chi connectivity index (χ1) is 18.6. The summed E-state index contributed by atoms with van der Waals surface area (Å²) in [5.74, 6) is -1.11. The molecule has 1 unspecified atom stereocenters. The number of rotatable bonds is 4. The first kappa shape index (κ1) is 26.1. The number of nitrogens with one attached hydrogen (secondary N) is 2. The number of likely N-dealkylation sites (N-methyl/N-ethyl adjacent to an activating group) is 1. The predicted molar refractivity (Wildman–Crippen MR) is 149 cm³/mol. The minimum Gasteiger partial charge on any atom is -0.374 e. The Balaban J connectivity index is 1.20. The summed E-state index contributed by atoms with van der Waals surface area (Å²) in [6, 6.07) is 7.46. The molecule has 2 aromatic carbocycles. The van der Waals surface area contributed by atoms with Crippen molar-refractivity contribution in [3.63, 3.8) is 0 Å². The first-order valence-corrected chi connectivity index (χ1v) is 13.7. The summed E-state index contributed by atoms with van der Waals surface area (Å²) < 4.78 is 14.9. The largest absolute Gasteiger partial charge is 0.374 e. The van der Waals surface area contributed by atoms with Gasteiger partial charge in [-0.1, -0.05) is 23.2 Å². The number of nitrogens with zero attached hydrogens (tertiary/aromatic N) is 3. The Morgan fingerprint density at radius 3 is 2.62 bits per heavy atom. The van der Waals surface area contributed by atoms with Crippen molar-refractivity contribution in [1.82, 2.24) is 19.7 Å². The summed E-state index contributed by atoms with van der Waals surface area (Å²) in [4.78, 5) is 47.4. The molecule has 1 atom stereocenters. The van der Waals surface area contributed by atoms with Gasteiger partial charge in [-0.05, 0) is 73.7 Å². The minimum absolute atomic E-state index is 0.0794. The number of carbonyl (C=O) groups excluding carboxylic acids is 2. The second-order valence-electron chi connectivity index (χ2n) is 10.9. The molecule has 0 saturated carbocycles. The van der Waals surface area contributed by atoms with Crippen LogP contribution in [-0.2, 0) is 11.2 Å². The Bertz CT molecular complexity index is 1590. The third-order valence-electron chi connectivity index (χ3n) is 8.35. The van der Waals surface area contributed by atoms with Crippen LogP contribution in [0.15, 0.2) is 35.1 Å². The third kappa shape index (κ3) is 4.37. The number of aromatic amines is 1. The van der Waals surface area contributed by atoms with Crippen LogP contribution in [0.1, 0.15) is 41.0 Å². The van der Waals surface area contributed by atoms with Crippen molar-refractivity contribution in [2.24, 2.45) is 0 Å². The third-order valence-corrected chi connectivity index (χ3v) is 8.88. The highest BCUT2D eigenvalue weighted by Crippen LogP contribution is 2.39. The zero-order valence-electron chi connectivity index (χ0n) is 21.6. The van der Waals surface area contributed by atoms with Crippen LogP contribution in [0.25, 0.3) is 10.8 Å². The standard InChI is InChI=1S/C28H28Cl2FN5O3/c1-15-25-16(7-18(29)10-20(25)30)3-5-35(15)24(37)12-32-22-8-17-9-23(33-26(38)19(17)11-21(22)31)27(39)36-6-4-28(36)13-34(2)14-28/h7-11,15,32H,3-6,12-14H2,1-2H3,(H,33,38). The summed E-state index contributed by atoms with van der Waals surface area (Å²) in [6.45, 7) is 4.51. The highest BCUT2D eigenvalue weighted by atomic mass is 35.5. The number of likely N-dealkylation sites (tertiary alicyclic amines) is 2. The van der Waals surface area contributed by atoms with Gasteiger partial charge in [-0.25, -0.2) is 4.39 Å². The summed E-state index contributed by atoms with van der Waals surface area (Å²) >= 11 is 12.6. The fourth-order valence-corrected chi connectivity index (χ4v) is 7.04. The molecule has 0 aliphatic carbocycles. The van der Waals surface area contributed by atoms with Crippen LogP contribution in [0.4, 0.5) is 10.1 Å². The van der Waals surface area contributed by atoms with Crippen LogP contribution in [0.3, 0.4) is 0 Å². The molecule has 0 bridgehead atoms. The molecular formula is C28H28Cl2FN5O3. The molecule has 3 aromatic rings. The van der Waals surface area contributed by atoms with E-state index >= 15 is 0 Å². The van der Waals surface area contributed by atoms with Gasteiger partial charge in [0, 0.05) is 36.2 Å². The van der Waals surface area contributed by atoms with E-state index in [0.29, 0.717) is 34.9 Å². The maximum atomic E-state index is 14.9. The quantitative estimate of drug-likeness (QED) is 0.493. The SMILES string of the molecule is CC1c2c(Cl)cc(Cl)cc2CCN1C(=O)CNc1cc2cc(C(=O)N3CCC34CN(C)C4)[nH]c(=O)c2cc1F. The van der Waals surface area contributed by atoms with Crippen molar-refractivity contribution in [1.29, 1.82) is 0 Å². The lowest BCUT2D eigenvalue weighted by Crippen LogP contribution is -2.77. The van der Waals surface area contributed by atoms with Crippen LogP contribution in [0.5, 0.6) is 0 Å². The summed E-state index contributed by atoms with van der Waals surface area (Å²) in [5.41, 5.74) is 1.45. The zero-order chi connectivity index (χ0) is 27.6. The molecule has 1 aromatic heterocycles. The number of amides is 2. The van der Waals surface area contributed by atoms with Crippen molar-refractivity contribution in [3.8, 4) is 0 Å². The number of H-pyrrole nitrogens is 1. The van der Waals surface area contributed by atoms with Gasteiger partial charge < -0.3 is 25.0 Å². The van der Waals surface area contributed by atoms with Gasteiger partial charge in [0.2, 0.25) is 5.91 Å². The molecule has 2 N–H and O–H groups in total. The van der Waals surface area contributed by atoms with Crippen LogP contribution >= 0.6 is 23.2 Å². The number of aromatic nitrogens is 1. The van der Waals surface area contributed by atoms with E-state index in [1.165, 1.54) is 6.07 Å². The molecule has 4 heterocycles. The number of pyridine rings is 1. The van der Waals surface area contributed by atoms with Crippen molar-refractivity contribution in [3.05, 3.63) is 73.4 Å². The van der Waals surface area contributed by atoms with E-state index in [9.17, 15) is 18.8 Å². The van der Waals surface area contributed by atoms with Gasteiger partial charge in [0.25, 0.3) is 11.5 Å². The maximum absolute atomic E-state index is 14.9. The Morgan fingerprint density at radius 2 is 1.92 bits per heavy atom. The van der Waals surface area contributed by atoms with Crippen molar-refractivity contribution >= 4 is 51.5 Å². The molecule has 11 heteroatoms. The Hall–Kier alpha value is -3.14. The molecule has 1 spiro atoms. The molecule has 0 radical (unpaired) electrons. The lowest BCUT2D eigenvalue weighted by molar-refractivity contribution is -0.131. The van der Waals surface area contributed by atoms with Gasteiger partial charge >= 0.3 is 0 Å². The van der Waals surface area contributed by atoms with E-state index in [4.69, 9.17) is 23.2 Å². The van der Waals surface area contributed by atoms with E-state index in [1.807, 2.05) is 24.9 Å². The number of fused-ring (bicyclic) bond motifs is 2. The lowest BCUT2D eigenvalue weighted by atomic mass is 9.77. The highest BCUT2D eigenvalue weighted by Gasteiger charge is 2.54. The van der Waals surface area contributed by atoms with Gasteiger partial charge in [0.15, 0.2) is 0 Å². The minimum atomic E-state index is -0.659. The average Bonchev–Trinajstić information content (AvgIpc) is 2.84. The molecule has 2 amide bonds. The maximum Gasteiger partial charge on any atom is 0.270 e. The summed E-state index contributed by atoms with van der Waals surface area (Å²) in [6.07, 6.45) is 1.56. The van der Waals surface area contributed by atoms with Crippen molar-refractivity contribution < 1.29 is 14.0 Å². The number of halogens is 3. The van der Waals surface area contributed by atoms with Crippen LogP contribution < -0.4 is 10.9 Å². The fourth-order valence-electron chi connectivity index (χ4n) is 6.34. The number of carbonyl (C=O) groups is 2. The second kappa shape index (κ2) is 9.50. The Labute approximate surface area is 234 Å². The monoisotopic (exact) mass is 571 g/mol. The molecule has 2 fully saturated rings. The van der Waals surface area contributed by atoms with Crippen molar-refractivity contribution in [2.45, 2.75) is 31.3 Å². The smallest absolute Gasteiger partial charge is 0.270 e. The van der Waals surface area contributed by atoms with E-state index in [0.717, 1.165) is 36.7 Å². The predicted octanol–water partition coefficient (Wildman–Crippen LogP) is 4.06. The van der Waals surface area contributed by atoms with Crippen LogP contribution in [0.2, 0.25) is 10.0 Å². The van der Waals surface area contributed by atoms with Gasteiger partial charge in [0.1, 0.15) is 11.5 Å². The normalized spacial score (nSPS) is 20.0. The molecule has 3 aliphatic heterocycles. The molecule has 2 saturated heterocycles. The number of benzene rings is 2. The molecule has 8 nitrogen and oxygen atoms in total. The molecular weight excluding hydrogens is 544 g/mol. The second-order valence-corrected chi connectivity index (χ2v) is 11.7. The van der Waals surface area contributed by atoms with E-state index in [-0.39, 0.29) is 46.7 Å². The number of hydrogen-bond acceptors (Lipinski definition) is 5. The van der Waals surface area contributed by atoms with Crippen LogP contribution in [0, 0.1) is 5.82 Å². The molecule has 6 rings (SSSR count). The lowest BCUT2D eigenvalue weighted by Gasteiger charge is -2.61. The Morgan fingerprint density at radius 1 is 1.15 bits per heavy atom. The van der Waals surface area contributed by atoms with Gasteiger partial charge in [-0.2, -0.15) is 0 Å². The number of hydrogen-bond donors (Lipinski definition) is 2. The molecule has 39 heavy (non-hydrogen) atoms. The van der Waals surface area contributed by atoms with Gasteiger partial charge in [0.05, 0.1) is 29.2 Å². The fraction of sp³-hybridized carbons (Fsp3) is 0.393. The zero-order valence-corrected chi connectivity index (χ0v) is 23.1. The van der Waals surface area contributed by atoms with Gasteiger partial charge in [-0.15, -0.1) is 0 Å². The summed E-state index contributed by atoms with van der Waals surface area (Å²) in [7, 11) is 2.01. The molecule has 3 aliphatic rings. The van der Waals surface area contributed by atoms with E-state index in [1.54, 1.807) is 17.0 Å².